The lowest BCUT2D eigenvalue weighted by molar-refractivity contribution is -0.134. The van der Waals surface area contributed by atoms with Gasteiger partial charge in [0.05, 0.1) is 12.6 Å². The number of nitrogens with one attached hydrogen (secondary N) is 1. The zero-order chi connectivity index (χ0) is 13.5. The second-order valence-electron chi connectivity index (χ2n) is 3.84. The fourth-order valence-corrected chi connectivity index (χ4v) is 1.51. The third-order valence-electron chi connectivity index (χ3n) is 2.54. The molecular formula is C13H15N3O2. The molecular weight excluding hydrogens is 230 g/mol. The largest absolute Gasteiger partial charge is 0.358 e. The van der Waals surface area contributed by atoms with E-state index in [-0.39, 0.29) is 18.4 Å². The smallest absolute Gasteiger partial charge is 0.244 e. The first kappa shape index (κ1) is 13.7. The third kappa shape index (κ3) is 3.32. The van der Waals surface area contributed by atoms with Gasteiger partial charge in [0, 0.05) is 14.1 Å². The van der Waals surface area contributed by atoms with E-state index in [0.717, 1.165) is 0 Å². The van der Waals surface area contributed by atoms with Crippen LogP contribution in [0.5, 0.6) is 0 Å². The van der Waals surface area contributed by atoms with Gasteiger partial charge < -0.3 is 10.2 Å². The summed E-state index contributed by atoms with van der Waals surface area (Å²) in [7, 11) is 3.00. The quantitative estimate of drug-likeness (QED) is 0.839. The summed E-state index contributed by atoms with van der Waals surface area (Å²) in [5.74, 6) is -1.52. The summed E-state index contributed by atoms with van der Waals surface area (Å²) < 4.78 is 0. The Morgan fingerprint density at radius 3 is 2.50 bits per heavy atom. The van der Waals surface area contributed by atoms with Crippen LogP contribution in [0.25, 0.3) is 0 Å². The number of nitriles is 1. The van der Waals surface area contributed by atoms with Gasteiger partial charge in [-0.25, -0.2) is 0 Å². The topological polar surface area (TPSA) is 73.2 Å². The van der Waals surface area contributed by atoms with Gasteiger partial charge in [0.25, 0.3) is 0 Å². The van der Waals surface area contributed by atoms with Gasteiger partial charge in [0.1, 0.15) is 5.92 Å². The molecule has 0 aromatic heterocycles. The summed E-state index contributed by atoms with van der Waals surface area (Å²) in [4.78, 5) is 24.5. The Morgan fingerprint density at radius 2 is 2.00 bits per heavy atom. The van der Waals surface area contributed by atoms with Crippen molar-refractivity contribution in [3.8, 4) is 6.07 Å². The molecule has 1 aromatic carbocycles. The molecule has 0 heterocycles. The van der Waals surface area contributed by atoms with Gasteiger partial charge in [-0.15, -0.1) is 0 Å². The van der Waals surface area contributed by atoms with Crippen LogP contribution in [0.1, 0.15) is 11.5 Å². The molecule has 0 saturated heterocycles. The van der Waals surface area contributed by atoms with Crippen LogP contribution in [0, 0.1) is 11.3 Å². The van der Waals surface area contributed by atoms with Gasteiger partial charge in [0.2, 0.25) is 11.8 Å². The molecule has 0 radical (unpaired) electrons. The molecule has 1 rings (SSSR count). The molecule has 0 spiro atoms. The molecule has 94 valence electrons. The van der Waals surface area contributed by atoms with Crippen LogP contribution in [0.3, 0.4) is 0 Å². The molecule has 1 atom stereocenters. The van der Waals surface area contributed by atoms with Crippen LogP contribution < -0.4 is 5.32 Å². The molecule has 1 unspecified atom stereocenters. The maximum Gasteiger partial charge on any atom is 0.244 e. The van der Waals surface area contributed by atoms with Gasteiger partial charge in [-0.1, -0.05) is 30.3 Å². The van der Waals surface area contributed by atoms with Crippen molar-refractivity contribution in [2.75, 3.05) is 20.6 Å². The zero-order valence-corrected chi connectivity index (χ0v) is 10.4. The molecule has 5 heteroatoms. The number of carbonyl (C=O) groups excluding carboxylic acids is 2. The van der Waals surface area contributed by atoms with Crippen LogP contribution in [-0.2, 0) is 9.59 Å². The SMILES string of the molecule is CNC(=O)CN(C)C(=O)C(C#N)c1ccccc1. The van der Waals surface area contributed by atoms with Crippen molar-refractivity contribution in [1.29, 1.82) is 5.26 Å². The highest BCUT2D eigenvalue weighted by molar-refractivity contribution is 5.90. The molecule has 0 saturated carbocycles. The van der Waals surface area contributed by atoms with E-state index in [1.165, 1.54) is 19.0 Å². The second kappa shape index (κ2) is 6.40. The number of hydrogen-bond donors (Lipinski definition) is 1. The fourth-order valence-electron chi connectivity index (χ4n) is 1.51. The van der Waals surface area contributed by atoms with E-state index >= 15 is 0 Å². The molecule has 0 aliphatic rings. The second-order valence-corrected chi connectivity index (χ2v) is 3.84. The Kier molecular flexibility index (Phi) is 4.88. The third-order valence-corrected chi connectivity index (χ3v) is 2.54. The molecule has 1 aromatic rings. The Labute approximate surface area is 106 Å². The lowest BCUT2D eigenvalue weighted by atomic mass is 9.99. The molecule has 0 bridgehead atoms. The lowest BCUT2D eigenvalue weighted by Gasteiger charge is -2.19. The standard InChI is InChI=1S/C13H15N3O2/c1-15-12(17)9-16(2)13(18)11(8-14)10-6-4-3-5-7-10/h3-7,11H,9H2,1-2H3,(H,15,17). The van der Waals surface area contributed by atoms with E-state index in [1.54, 1.807) is 24.3 Å². The Hall–Kier alpha value is -2.35. The van der Waals surface area contributed by atoms with E-state index in [0.29, 0.717) is 5.56 Å². The monoisotopic (exact) mass is 245 g/mol. The number of carbonyl (C=O) groups is 2. The van der Waals surface area contributed by atoms with E-state index in [4.69, 9.17) is 5.26 Å². The molecule has 0 fully saturated rings. The van der Waals surface area contributed by atoms with Crippen molar-refractivity contribution in [2.45, 2.75) is 5.92 Å². The van der Waals surface area contributed by atoms with Gasteiger partial charge in [0.15, 0.2) is 0 Å². The maximum absolute atomic E-state index is 12.0. The van der Waals surface area contributed by atoms with Crippen molar-refractivity contribution in [2.24, 2.45) is 0 Å². The highest BCUT2D eigenvalue weighted by Crippen LogP contribution is 2.16. The van der Waals surface area contributed by atoms with E-state index in [2.05, 4.69) is 5.32 Å². The minimum atomic E-state index is -0.874. The van der Waals surface area contributed by atoms with Gasteiger partial charge in [-0.05, 0) is 5.56 Å². The molecule has 0 aliphatic carbocycles. The zero-order valence-electron chi connectivity index (χ0n) is 10.4. The van der Waals surface area contributed by atoms with Crippen molar-refractivity contribution >= 4 is 11.8 Å². The number of rotatable bonds is 4. The molecule has 18 heavy (non-hydrogen) atoms. The van der Waals surface area contributed by atoms with Crippen molar-refractivity contribution in [3.05, 3.63) is 35.9 Å². The summed E-state index contributed by atoms with van der Waals surface area (Å²) in [5, 5.41) is 11.5. The van der Waals surface area contributed by atoms with Gasteiger partial charge >= 0.3 is 0 Å². The van der Waals surface area contributed by atoms with E-state index < -0.39 is 5.92 Å². The van der Waals surface area contributed by atoms with Crippen LogP contribution in [-0.4, -0.2) is 37.4 Å². The Balaban J connectivity index is 2.81. The molecule has 0 aliphatic heterocycles. The van der Waals surface area contributed by atoms with E-state index in [1.807, 2.05) is 12.1 Å². The average Bonchev–Trinajstić information content (AvgIpc) is 2.40. The Morgan fingerprint density at radius 1 is 1.39 bits per heavy atom. The normalized spacial score (nSPS) is 11.2. The highest BCUT2D eigenvalue weighted by Gasteiger charge is 2.24. The van der Waals surface area contributed by atoms with Crippen molar-refractivity contribution in [3.63, 3.8) is 0 Å². The summed E-state index contributed by atoms with van der Waals surface area (Å²) >= 11 is 0. The Bertz CT molecular complexity index is 465. The predicted molar refractivity (Wildman–Crippen MR) is 66.5 cm³/mol. The van der Waals surface area contributed by atoms with Gasteiger partial charge in [-0.3, -0.25) is 9.59 Å². The summed E-state index contributed by atoms with van der Waals surface area (Å²) in [6.45, 7) is -0.0552. The van der Waals surface area contributed by atoms with Gasteiger partial charge in [-0.2, -0.15) is 5.26 Å². The first-order valence-corrected chi connectivity index (χ1v) is 5.50. The van der Waals surface area contributed by atoms with Crippen LogP contribution in [0.4, 0.5) is 0 Å². The summed E-state index contributed by atoms with van der Waals surface area (Å²) in [6, 6.07) is 10.8. The minimum Gasteiger partial charge on any atom is -0.358 e. The molecule has 2 amide bonds. The van der Waals surface area contributed by atoms with E-state index in [9.17, 15) is 9.59 Å². The fraction of sp³-hybridized carbons (Fsp3) is 0.308. The number of amides is 2. The van der Waals surface area contributed by atoms with Crippen molar-refractivity contribution in [1.82, 2.24) is 10.2 Å². The first-order chi connectivity index (χ1) is 8.60. The highest BCUT2D eigenvalue weighted by atomic mass is 16.2. The number of hydrogen-bond acceptors (Lipinski definition) is 3. The molecule has 1 N–H and O–H groups in total. The number of nitrogens with zero attached hydrogens (tertiary/aromatic N) is 2. The molecule has 5 nitrogen and oxygen atoms in total. The van der Waals surface area contributed by atoms with Crippen LogP contribution in [0.2, 0.25) is 0 Å². The van der Waals surface area contributed by atoms with Crippen LogP contribution in [0.15, 0.2) is 30.3 Å². The van der Waals surface area contributed by atoms with Crippen LogP contribution >= 0.6 is 0 Å². The predicted octanol–water partition coefficient (Wildman–Crippen LogP) is 0.498. The summed E-state index contributed by atoms with van der Waals surface area (Å²) in [6.07, 6.45) is 0. The van der Waals surface area contributed by atoms with Crippen molar-refractivity contribution < 1.29 is 9.59 Å². The minimum absolute atomic E-state index is 0.0552. The number of likely N-dealkylation sites (N-methyl/N-ethyl adjacent to an activating group) is 2. The summed E-state index contributed by atoms with van der Waals surface area (Å²) in [5.41, 5.74) is 0.633. The first-order valence-electron chi connectivity index (χ1n) is 5.50. The number of benzene rings is 1. The maximum atomic E-state index is 12.0. The lowest BCUT2D eigenvalue weighted by Crippen LogP contribution is -2.39. The average molecular weight is 245 g/mol.